The van der Waals surface area contributed by atoms with Crippen LogP contribution in [0.5, 0.6) is 0 Å². The molecule has 1 N–H and O–H groups in total. The third-order valence-corrected chi connectivity index (χ3v) is 7.55. The molecule has 0 spiro atoms. The molecule has 1 amide bonds. The van der Waals surface area contributed by atoms with Crippen LogP contribution in [-0.4, -0.2) is 54.1 Å². The maximum atomic E-state index is 12.8. The van der Waals surface area contributed by atoms with Crippen molar-refractivity contribution in [2.75, 3.05) is 31.5 Å². The molecule has 2 aliphatic heterocycles. The van der Waals surface area contributed by atoms with E-state index >= 15 is 0 Å². The zero-order valence-electron chi connectivity index (χ0n) is 14.9. The molecule has 2 saturated heterocycles. The molecule has 0 bridgehead atoms. The van der Waals surface area contributed by atoms with E-state index in [0.29, 0.717) is 50.8 Å². The van der Waals surface area contributed by atoms with Crippen molar-refractivity contribution in [3.8, 4) is 0 Å². The Balaban J connectivity index is 1.54. The maximum absolute atomic E-state index is 12.8. The van der Waals surface area contributed by atoms with Crippen molar-refractivity contribution in [2.24, 2.45) is 11.8 Å². The average Bonchev–Trinajstić information content (AvgIpc) is 2.64. The number of hydrogen-bond donors (Lipinski definition) is 1. The number of pyridine rings is 1. The third-order valence-electron chi connectivity index (χ3n) is 5.08. The van der Waals surface area contributed by atoms with Crippen LogP contribution in [0.4, 0.5) is 5.82 Å². The number of piperidine rings is 2. The lowest BCUT2D eigenvalue weighted by molar-refractivity contribution is -0.120. The Labute approximate surface area is 163 Å². The summed E-state index contributed by atoms with van der Waals surface area (Å²) in [6, 6.07) is 3.55. The van der Waals surface area contributed by atoms with Gasteiger partial charge in [0.25, 0.3) is 10.2 Å². The zero-order chi connectivity index (χ0) is 18.7. The van der Waals surface area contributed by atoms with Gasteiger partial charge in [-0.05, 0) is 59.7 Å². The number of nitrogens with zero attached hydrogens (tertiary/aromatic N) is 3. The molecule has 0 saturated carbocycles. The van der Waals surface area contributed by atoms with Crippen molar-refractivity contribution < 1.29 is 13.2 Å². The SMILES string of the molecule is CC1CCCN(S(=O)(=O)N2CCC(C(=O)Nc3ccc(Br)cn3)CC2)C1. The van der Waals surface area contributed by atoms with E-state index in [1.807, 2.05) is 6.07 Å². The van der Waals surface area contributed by atoms with Crippen LogP contribution in [0, 0.1) is 11.8 Å². The molecule has 2 aliphatic rings. The summed E-state index contributed by atoms with van der Waals surface area (Å²) >= 11 is 3.31. The largest absolute Gasteiger partial charge is 0.310 e. The van der Waals surface area contributed by atoms with E-state index in [-0.39, 0.29) is 11.8 Å². The Morgan fingerprint density at radius 3 is 2.54 bits per heavy atom. The molecule has 0 aromatic carbocycles. The molecule has 0 aliphatic carbocycles. The Morgan fingerprint density at radius 1 is 1.19 bits per heavy atom. The van der Waals surface area contributed by atoms with E-state index in [9.17, 15) is 13.2 Å². The van der Waals surface area contributed by atoms with E-state index in [1.165, 1.54) is 4.31 Å². The molecular weight excluding hydrogens is 420 g/mol. The van der Waals surface area contributed by atoms with Gasteiger partial charge < -0.3 is 5.32 Å². The predicted molar refractivity (Wildman–Crippen MR) is 104 cm³/mol. The predicted octanol–water partition coefficient (Wildman–Crippen LogP) is 2.47. The first kappa shape index (κ1) is 19.7. The number of carbonyl (C=O) groups excluding carboxylic acids is 1. The summed E-state index contributed by atoms with van der Waals surface area (Å²) in [5, 5.41) is 2.81. The van der Waals surface area contributed by atoms with Gasteiger partial charge in [-0.25, -0.2) is 4.98 Å². The maximum Gasteiger partial charge on any atom is 0.281 e. The number of halogens is 1. The van der Waals surface area contributed by atoms with Crippen LogP contribution >= 0.6 is 15.9 Å². The van der Waals surface area contributed by atoms with E-state index in [1.54, 1.807) is 16.6 Å². The number of nitrogens with one attached hydrogen (secondary N) is 1. The molecule has 7 nitrogen and oxygen atoms in total. The lowest BCUT2D eigenvalue weighted by Crippen LogP contribution is -2.50. The van der Waals surface area contributed by atoms with Gasteiger partial charge in [-0.3, -0.25) is 4.79 Å². The Bertz CT molecular complexity index is 733. The summed E-state index contributed by atoms with van der Waals surface area (Å²) in [4.78, 5) is 16.6. The molecule has 2 fully saturated rings. The van der Waals surface area contributed by atoms with E-state index in [4.69, 9.17) is 0 Å². The number of anilines is 1. The van der Waals surface area contributed by atoms with Crippen LogP contribution in [0.3, 0.4) is 0 Å². The first-order valence-electron chi connectivity index (χ1n) is 9.04. The van der Waals surface area contributed by atoms with Crippen molar-refractivity contribution in [3.63, 3.8) is 0 Å². The summed E-state index contributed by atoms with van der Waals surface area (Å²) in [5.41, 5.74) is 0. The Morgan fingerprint density at radius 2 is 1.92 bits per heavy atom. The Hall–Kier alpha value is -1.03. The second kappa shape index (κ2) is 8.33. The molecule has 0 radical (unpaired) electrons. The lowest BCUT2D eigenvalue weighted by Gasteiger charge is -2.37. The van der Waals surface area contributed by atoms with Crippen molar-refractivity contribution in [1.82, 2.24) is 13.6 Å². The van der Waals surface area contributed by atoms with Gasteiger partial charge in [0, 0.05) is 42.8 Å². The molecule has 26 heavy (non-hydrogen) atoms. The van der Waals surface area contributed by atoms with Gasteiger partial charge in [0.1, 0.15) is 5.82 Å². The van der Waals surface area contributed by atoms with Crippen molar-refractivity contribution in [2.45, 2.75) is 32.6 Å². The first-order chi connectivity index (χ1) is 12.4. The van der Waals surface area contributed by atoms with Crippen LogP contribution < -0.4 is 5.32 Å². The van der Waals surface area contributed by atoms with Gasteiger partial charge in [-0.1, -0.05) is 6.92 Å². The topological polar surface area (TPSA) is 82.6 Å². The van der Waals surface area contributed by atoms with Crippen LogP contribution in [0.15, 0.2) is 22.8 Å². The summed E-state index contributed by atoms with van der Waals surface area (Å²) < 4.78 is 29.6. The molecule has 3 heterocycles. The highest BCUT2D eigenvalue weighted by molar-refractivity contribution is 9.10. The van der Waals surface area contributed by atoms with Crippen molar-refractivity contribution in [3.05, 3.63) is 22.8 Å². The smallest absolute Gasteiger partial charge is 0.281 e. The summed E-state index contributed by atoms with van der Waals surface area (Å²) in [5.74, 6) is 0.631. The van der Waals surface area contributed by atoms with Gasteiger partial charge in [-0.15, -0.1) is 0 Å². The molecule has 3 rings (SSSR count). The number of amides is 1. The zero-order valence-corrected chi connectivity index (χ0v) is 17.3. The minimum Gasteiger partial charge on any atom is -0.310 e. The molecule has 1 atom stereocenters. The van der Waals surface area contributed by atoms with Gasteiger partial charge in [0.15, 0.2) is 0 Å². The fourth-order valence-corrected chi connectivity index (χ4v) is 5.58. The van der Waals surface area contributed by atoms with Crippen LogP contribution in [0.25, 0.3) is 0 Å². The summed E-state index contributed by atoms with van der Waals surface area (Å²) in [6.07, 6.45) is 4.69. The highest BCUT2D eigenvalue weighted by atomic mass is 79.9. The van der Waals surface area contributed by atoms with Crippen LogP contribution in [0.2, 0.25) is 0 Å². The van der Waals surface area contributed by atoms with E-state index in [2.05, 4.69) is 33.2 Å². The summed E-state index contributed by atoms with van der Waals surface area (Å²) in [7, 11) is -3.41. The molecular formula is C17H25BrN4O3S. The summed E-state index contributed by atoms with van der Waals surface area (Å²) in [6.45, 7) is 4.06. The highest BCUT2D eigenvalue weighted by Gasteiger charge is 2.36. The fourth-order valence-electron chi connectivity index (χ4n) is 3.55. The van der Waals surface area contributed by atoms with Crippen LogP contribution in [0.1, 0.15) is 32.6 Å². The lowest BCUT2D eigenvalue weighted by atomic mass is 9.97. The van der Waals surface area contributed by atoms with E-state index in [0.717, 1.165) is 17.3 Å². The minimum absolute atomic E-state index is 0.0940. The monoisotopic (exact) mass is 444 g/mol. The second-order valence-electron chi connectivity index (χ2n) is 7.14. The molecule has 144 valence electrons. The molecule has 1 aromatic heterocycles. The standard InChI is InChI=1S/C17H25BrN4O3S/c1-13-3-2-8-22(12-13)26(24,25)21-9-6-14(7-10-21)17(23)20-16-5-4-15(18)11-19-16/h4-5,11,13-14H,2-3,6-10,12H2,1H3,(H,19,20,23). The van der Waals surface area contributed by atoms with Crippen LogP contribution in [-0.2, 0) is 15.0 Å². The van der Waals surface area contributed by atoms with E-state index < -0.39 is 10.2 Å². The van der Waals surface area contributed by atoms with Crippen molar-refractivity contribution in [1.29, 1.82) is 0 Å². The Kier molecular flexibility index (Phi) is 6.32. The number of hydrogen-bond acceptors (Lipinski definition) is 4. The van der Waals surface area contributed by atoms with Crippen molar-refractivity contribution >= 4 is 37.9 Å². The van der Waals surface area contributed by atoms with Gasteiger partial charge in [-0.2, -0.15) is 17.0 Å². The van der Waals surface area contributed by atoms with Gasteiger partial charge >= 0.3 is 0 Å². The molecule has 9 heteroatoms. The number of aromatic nitrogens is 1. The molecule has 1 aromatic rings. The minimum atomic E-state index is -3.41. The highest BCUT2D eigenvalue weighted by Crippen LogP contribution is 2.25. The second-order valence-corrected chi connectivity index (χ2v) is 9.98. The normalized spacial score (nSPS) is 23.7. The third kappa shape index (κ3) is 4.62. The quantitative estimate of drug-likeness (QED) is 0.772. The van der Waals surface area contributed by atoms with Gasteiger partial charge in [0.2, 0.25) is 5.91 Å². The van der Waals surface area contributed by atoms with Gasteiger partial charge in [0.05, 0.1) is 0 Å². The number of rotatable bonds is 4. The fraction of sp³-hybridized carbons (Fsp3) is 0.647. The first-order valence-corrected chi connectivity index (χ1v) is 11.2. The molecule has 1 unspecified atom stereocenters. The number of carbonyl (C=O) groups is 1. The average molecular weight is 445 g/mol.